The molecule has 0 aliphatic rings. The molecular formula is C21H21N3O3. The van der Waals surface area contributed by atoms with Gasteiger partial charge in [0, 0.05) is 18.9 Å². The van der Waals surface area contributed by atoms with Crippen LogP contribution in [0, 0.1) is 0 Å². The molecule has 2 aromatic carbocycles. The Morgan fingerprint density at radius 3 is 2.41 bits per heavy atom. The van der Waals surface area contributed by atoms with Crippen LogP contribution in [-0.2, 0) is 17.7 Å². The van der Waals surface area contributed by atoms with Crippen LogP contribution >= 0.6 is 0 Å². The lowest BCUT2D eigenvalue weighted by atomic mass is 10.1. The van der Waals surface area contributed by atoms with Crippen molar-refractivity contribution in [1.82, 2.24) is 14.9 Å². The number of H-pyrrole nitrogens is 1. The maximum Gasteiger partial charge on any atom is 0.338 e. The summed E-state index contributed by atoms with van der Waals surface area (Å²) in [5.41, 5.74) is 1.72. The van der Waals surface area contributed by atoms with E-state index in [1.807, 2.05) is 30.3 Å². The van der Waals surface area contributed by atoms with Gasteiger partial charge in [-0.3, -0.25) is 4.79 Å². The van der Waals surface area contributed by atoms with E-state index in [1.54, 1.807) is 41.6 Å². The summed E-state index contributed by atoms with van der Waals surface area (Å²) in [6, 6.07) is 16.7. The van der Waals surface area contributed by atoms with Crippen molar-refractivity contribution in [2.45, 2.75) is 13.0 Å². The quantitative estimate of drug-likeness (QED) is 0.655. The maximum atomic E-state index is 13.2. The van der Waals surface area contributed by atoms with E-state index in [4.69, 9.17) is 4.74 Å². The predicted octanol–water partition coefficient (Wildman–Crippen LogP) is 3.08. The molecule has 1 heterocycles. The lowest BCUT2D eigenvalue weighted by molar-refractivity contribution is 0.0589. The van der Waals surface area contributed by atoms with Crippen LogP contribution in [0.4, 0.5) is 0 Å². The van der Waals surface area contributed by atoms with Gasteiger partial charge in [-0.2, -0.15) is 0 Å². The molecule has 3 aromatic rings. The van der Waals surface area contributed by atoms with Gasteiger partial charge in [-0.1, -0.05) is 42.5 Å². The highest BCUT2D eigenvalue weighted by molar-refractivity contribution is 6.05. The van der Waals surface area contributed by atoms with Gasteiger partial charge in [-0.25, -0.2) is 9.78 Å². The van der Waals surface area contributed by atoms with Crippen molar-refractivity contribution in [1.29, 1.82) is 0 Å². The highest BCUT2D eigenvalue weighted by Crippen LogP contribution is 2.15. The molecule has 27 heavy (non-hydrogen) atoms. The van der Waals surface area contributed by atoms with Gasteiger partial charge in [0.05, 0.1) is 24.8 Å². The molecule has 3 rings (SSSR count). The molecule has 0 aliphatic heterocycles. The van der Waals surface area contributed by atoms with E-state index in [-0.39, 0.29) is 11.5 Å². The lowest BCUT2D eigenvalue weighted by Gasteiger charge is -2.23. The largest absolute Gasteiger partial charge is 0.465 e. The van der Waals surface area contributed by atoms with E-state index in [2.05, 4.69) is 9.97 Å². The third-order valence-electron chi connectivity index (χ3n) is 4.26. The van der Waals surface area contributed by atoms with E-state index in [0.717, 1.165) is 5.56 Å². The molecule has 0 unspecified atom stereocenters. The molecule has 6 heteroatoms. The van der Waals surface area contributed by atoms with Gasteiger partial charge in [-0.15, -0.1) is 0 Å². The number of carbonyl (C=O) groups is 2. The van der Waals surface area contributed by atoms with Crippen LogP contribution in [0.5, 0.6) is 0 Å². The molecule has 0 aliphatic carbocycles. The second-order valence-corrected chi connectivity index (χ2v) is 6.04. The first-order chi connectivity index (χ1) is 13.2. The van der Waals surface area contributed by atoms with Gasteiger partial charge < -0.3 is 14.6 Å². The van der Waals surface area contributed by atoms with Gasteiger partial charge in [0.1, 0.15) is 5.82 Å². The summed E-state index contributed by atoms with van der Waals surface area (Å²) in [6.45, 7) is 0.827. The number of rotatable bonds is 7. The number of aromatic nitrogens is 2. The van der Waals surface area contributed by atoms with Gasteiger partial charge in [0.25, 0.3) is 5.91 Å². The second-order valence-electron chi connectivity index (χ2n) is 6.04. The highest BCUT2D eigenvalue weighted by Gasteiger charge is 2.22. The number of esters is 1. The van der Waals surface area contributed by atoms with Gasteiger partial charge in [0.15, 0.2) is 0 Å². The first kappa shape index (κ1) is 18.4. The summed E-state index contributed by atoms with van der Waals surface area (Å²) in [5, 5.41) is 0. The average molecular weight is 363 g/mol. The zero-order chi connectivity index (χ0) is 19.1. The average Bonchev–Trinajstić information content (AvgIpc) is 3.24. The Morgan fingerprint density at radius 1 is 1.04 bits per heavy atom. The Hall–Kier alpha value is -3.41. The van der Waals surface area contributed by atoms with Crippen LogP contribution in [0.1, 0.15) is 32.1 Å². The van der Waals surface area contributed by atoms with Gasteiger partial charge in [-0.05, 0) is 24.1 Å². The summed E-state index contributed by atoms with van der Waals surface area (Å²) in [7, 11) is 1.31. The number of aromatic amines is 1. The monoisotopic (exact) mass is 363 g/mol. The van der Waals surface area contributed by atoms with E-state index >= 15 is 0 Å². The topological polar surface area (TPSA) is 75.3 Å². The summed E-state index contributed by atoms with van der Waals surface area (Å²) in [6.07, 6.45) is 4.07. The second kappa shape index (κ2) is 8.80. The van der Waals surface area contributed by atoms with Crippen molar-refractivity contribution < 1.29 is 14.3 Å². The van der Waals surface area contributed by atoms with Crippen LogP contribution < -0.4 is 0 Å². The molecule has 0 saturated carbocycles. The van der Waals surface area contributed by atoms with Crippen LogP contribution in [0.2, 0.25) is 0 Å². The van der Waals surface area contributed by atoms with Crippen molar-refractivity contribution in [3.8, 4) is 0 Å². The van der Waals surface area contributed by atoms with Crippen LogP contribution in [0.15, 0.2) is 67.0 Å². The number of methoxy groups -OCH3 is 1. The van der Waals surface area contributed by atoms with Gasteiger partial charge >= 0.3 is 5.97 Å². The lowest BCUT2D eigenvalue weighted by Crippen LogP contribution is -2.34. The molecule has 1 aromatic heterocycles. The molecule has 0 fully saturated rings. The molecule has 0 saturated heterocycles. The Morgan fingerprint density at radius 2 is 1.74 bits per heavy atom. The number of imidazole rings is 1. The molecule has 0 spiro atoms. The zero-order valence-electron chi connectivity index (χ0n) is 15.1. The number of amides is 1. The Bertz CT molecular complexity index is 892. The van der Waals surface area contributed by atoms with Crippen LogP contribution in [-0.4, -0.2) is 40.4 Å². The predicted molar refractivity (Wildman–Crippen MR) is 101 cm³/mol. The summed E-state index contributed by atoms with van der Waals surface area (Å²) >= 11 is 0. The SMILES string of the molecule is COC(=O)c1ccccc1C(=O)N(CCc1ccccc1)Cc1ncc[nH]1. The van der Waals surface area contributed by atoms with E-state index in [9.17, 15) is 9.59 Å². The molecule has 138 valence electrons. The minimum absolute atomic E-state index is 0.233. The first-order valence-corrected chi connectivity index (χ1v) is 8.68. The fraction of sp³-hybridized carbons (Fsp3) is 0.190. The number of ether oxygens (including phenoxy) is 1. The van der Waals surface area contributed by atoms with Crippen molar-refractivity contribution in [3.05, 3.63) is 89.5 Å². The van der Waals surface area contributed by atoms with Crippen LogP contribution in [0.3, 0.4) is 0 Å². The minimum Gasteiger partial charge on any atom is -0.465 e. The maximum absolute atomic E-state index is 13.2. The summed E-state index contributed by atoms with van der Waals surface area (Å²) in [5.74, 6) is -0.0738. The smallest absolute Gasteiger partial charge is 0.338 e. The van der Waals surface area contributed by atoms with Crippen molar-refractivity contribution in [2.75, 3.05) is 13.7 Å². The highest BCUT2D eigenvalue weighted by atomic mass is 16.5. The number of benzene rings is 2. The van der Waals surface area contributed by atoms with Crippen molar-refractivity contribution in [2.24, 2.45) is 0 Å². The Kier molecular flexibility index (Phi) is 5.99. The molecule has 0 bridgehead atoms. The first-order valence-electron chi connectivity index (χ1n) is 8.68. The number of carbonyl (C=O) groups excluding carboxylic acids is 2. The third kappa shape index (κ3) is 4.61. The summed E-state index contributed by atoms with van der Waals surface area (Å²) < 4.78 is 4.81. The minimum atomic E-state index is -0.528. The molecule has 1 N–H and O–H groups in total. The molecule has 0 atom stereocenters. The van der Waals surface area contributed by atoms with Gasteiger partial charge in [0.2, 0.25) is 0 Å². The van der Waals surface area contributed by atoms with Crippen molar-refractivity contribution in [3.63, 3.8) is 0 Å². The normalized spacial score (nSPS) is 10.4. The Balaban J connectivity index is 1.85. The zero-order valence-corrected chi connectivity index (χ0v) is 15.1. The number of nitrogens with one attached hydrogen (secondary N) is 1. The number of hydrogen-bond donors (Lipinski definition) is 1. The van der Waals surface area contributed by atoms with Crippen LogP contribution in [0.25, 0.3) is 0 Å². The van der Waals surface area contributed by atoms with E-state index in [0.29, 0.717) is 30.9 Å². The number of nitrogens with zero attached hydrogens (tertiary/aromatic N) is 2. The van der Waals surface area contributed by atoms with Crippen molar-refractivity contribution >= 4 is 11.9 Å². The fourth-order valence-electron chi connectivity index (χ4n) is 2.85. The summed E-state index contributed by atoms with van der Waals surface area (Å²) in [4.78, 5) is 34.2. The Labute approximate surface area is 157 Å². The molecular weight excluding hydrogens is 342 g/mol. The molecule has 1 amide bonds. The standard InChI is InChI=1S/C21H21N3O3/c1-27-21(26)18-10-6-5-9-17(18)20(25)24(15-19-22-12-13-23-19)14-11-16-7-3-2-4-8-16/h2-10,12-13H,11,14-15H2,1H3,(H,22,23). The van der Waals surface area contributed by atoms with E-state index < -0.39 is 5.97 Å². The molecule has 0 radical (unpaired) electrons. The number of hydrogen-bond acceptors (Lipinski definition) is 4. The fourth-order valence-corrected chi connectivity index (χ4v) is 2.85. The molecule has 6 nitrogen and oxygen atoms in total. The van der Waals surface area contributed by atoms with E-state index in [1.165, 1.54) is 7.11 Å². The third-order valence-corrected chi connectivity index (χ3v) is 4.26.